The highest BCUT2D eigenvalue weighted by Gasteiger charge is 2.39. The first-order valence-electron chi connectivity index (χ1n) is 5.76. The monoisotopic (exact) mass is 237 g/mol. The molecule has 2 nitrogen and oxygen atoms in total. The minimum atomic E-state index is -1.73. The molecule has 0 saturated heterocycles. The molecule has 0 bridgehead atoms. The van der Waals surface area contributed by atoms with Gasteiger partial charge in [0.05, 0.1) is 6.20 Å². The lowest BCUT2D eigenvalue weighted by molar-refractivity contribution is 0.489. The topological polar surface area (TPSA) is 22.1 Å². The Morgan fingerprint density at radius 2 is 1.75 bits per heavy atom. The van der Waals surface area contributed by atoms with Crippen LogP contribution in [0.15, 0.2) is 12.3 Å². The Morgan fingerprint density at radius 3 is 2.19 bits per heavy atom. The van der Waals surface area contributed by atoms with Crippen LogP contribution >= 0.6 is 0 Å². The largest absolute Gasteiger partial charge is 0.542 e. The summed E-state index contributed by atoms with van der Waals surface area (Å²) in [7, 11) is -1.73. The summed E-state index contributed by atoms with van der Waals surface area (Å²) in [5.41, 5.74) is 2.26. The van der Waals surface area contributed by atoms with E-state index in [2.05, 4.69) is 51.8 Å². The Hall–Kier alpha value is -0.833. The van der Waals surface area contributed by atoms with Gasteiger partial charge in [-0.1, -0.05) is 20.8 Å². The van der Waals surface area contributed by atoms with Crippen LogP contribution in [-0.4, -0.2) is 13.3 Å². The number of nitrogens with zero attached hydrogens (tertiary/aromatic N) is 1. The normalized spacial score (nSPS) is 12.7. The van der Waals surface area contributed by atoms with Crippen LogP contribution in [0, 0.1) is 13.8 Å². The second-order valence-electron chi connectivity index (χ2n) is 5.94. The SMILES string of the molecule is Cc1cc(O[Si](C)(C)C(C)(C)C)cnc1C. The van der Waals surface area contributed by atoms with Gasteiger partial charge < -0.3 is 4.43 Å². The molecule has 0 fully saturated rings. The van der Waals surface area contributed by atoms with Crippen LogP contribution in [0.2, 0.25) is 18.1 Å². The summed E-state index contributed by atoms with van der Waals surface area (Å²) in [6.45, 7) is 15.3. The zero-order chi connectivity index (χ0) is 12.6. The molecule has 0 unspecified atom stereocenters. The van der Waals surface area contributed by atoms with Crippen LogP contribution in [0.25, 0.3) is 0 Å². The summed E-state index contributed by atoms with van der Waals surface area (Å²) >= 11 is 0. The van der Waals surface area contributed by atoms with Crippen molar-refractivity contribution in [3.05, 3.63) is 23.5 Å². The van der Waals surface area contributed by atoms with Gasteiger partial charge in [-0.2, -0.15) is 0 Å². The molecule has 1 aromatic rings. The Balaban J connectivity index is 2.93. The van der Waals surface area contributed by atoms with Crippen LogP contribution in [0.5, 0.6) is 5.75 Å². The number of rotatable bonds is 2. The maximum absolute atomic E-state index is 6.18. The molecule has 0 aliphatic heterocycles. The maximum atomic E-state index is 6.18. The van der Waals surface area contributed by atoms with Gasteiger partial charge in [-0.15, -0.1) is 0 Å². The smallest absolute Gasteiger partial charge is 0.250 e. The van der Waals surface area contributed by atoms with Gasteiger partial charge in [0.1, 0.15) is 5.75 Å². The first kappa shape index (κ1) is 13.2. The number of aromatic nitrogens is 1. The van der Waals surface area contributed by atoms with Gasteiger partial charge in [-0.3, -0.25) is 4.98 Å². The van der Waals surface area contributed by atoms with Crippen LogP contribution in [0.3, 0.4) is 0 Å². The van der Waals surface area contributed by atoms with Gasteiger partial charge in [0, 0.05) is 5.69 Å². The Kier molecular flexibility index (Phi) is 3.48. The van der Waals surface area contributed by atoms with Crippen molar-refractivity contribution in [3.8, 4) is 5.75 Å². The third-order valence-electron chi connectivity index (χ3n) is 3.49. The minimum absolute atomic E-state index is 0.228. The zero-order valence-corrected chi connectivity index (χ0v) is 12.5. The zero-order valence-electron chi connectivity index (χ0n) is 11.5. The summed E-state index contributed by atoms with van der Waals surface area (Å²) < 4.78 is 6.18. The highest BCUT2D eigenvalue weighted by atomic mass is 28.4. The van der Waals surface area contributed by atoms with Gasteiger partial charge in [0.25, 0.3) is 8.32 Å². The van der Waals surface area contributed by atoms with Gasteiger partial charge >= 0.3 is 0 Å². The summed E-state index contributed by atoms with van der Waals surface area (Å²) in [4.78, 5) is 4.34. The van der Waals surface area contributed by atoms with E-state index in [4.69, 9.17) is 4.43 Å². The fraction of sp³-hybridized carbons (Fsp3) is 0.615. The van der Waals surface area contributed by atoms with E-state index in [1.807, 2.05) is 13.1 Å². The van der Waals surface area contributed by atoms with E-state index in [0.717, 1.165) is 11.4 Å². The Bertz CT molecular complexity index is 380. The van der Waals surface area contributed by atoms with Crippen LogP contribution in [0.4, 0.5) is 0 Å². The second-order valence-corrected chi connectivity index (χ2v) is 10.7. The van der Waals surface area contributed by atoms with Crippen LogP contribution in [0.1, 0.15) is 32.0 Å². The molecule has 0 amide bonds. The van der Waals surface area contributed by atoms with E-state index in [-0.39, 0.29) is 5.04 Å². The molecule has 0 aliphatic carbocycles. The highest BCUT2D eigenvalue weighted by molar-refractivity contribution is 6.74. The summed E-state index contributed by atoms with van der Waals surface area (Å²) in [5, 5.41) is 0.228. The van der Waals surface area contributed by atoms with E-state index >= 15 is 0 Å². The molecule has 0 saturated carbocycles. The second kappa shape index (κ2) is 4.21. The van der Waals surface area contributed by atoms with Crippen molar-refractivity contribution in [2.75, 3.05) is 0 Å². The molecule has 0 radical (unpaired) electrons. The molecule has 1 heterocycles. The summed E-state index contributed by atoms with van der Waals surface area (Å²) in [5.74, 6) is 0.912. The summed E-state index contributed by atoms with van der Waals surface area (Å²) in [6.07, 6.45) is 1.84. The lowest BCUT2D eigenvalue weighted by atomic mass is 10.2. The molecule has 0 atom stereocenters. The minimum Gasteiger partial charge on any atom is -0.542 e. The molecular formula is C13H23NOSi. The van der Waals surface area contributed by atoms with Crippen molar-refractivity contribution in [1.29, 1.82) is 0 Å². The van der Waals surface area contributed by atoms with Gasteiger partial charge in [-0.05, 0) is 43.6 Å². The average molecular weight is 237 g/mol. The molecule has 90 valence electrons. The molecule has 0 N–H and O–H groups in total. The third kappa shape index (κ3) is 2.85. The van der Waals surface area contributed by atoms with Gasteiger partial charge in [0.15, 0.2) is 0 Å². The van der Waals surface area contributed by atoms with Crippen molar-refractivity contribution >= 4 is 8.32 Å². The van der Waals surface area contributed by atoms with E-state index < -0.39 is 8.32 Å². The van der Waals surface area contributed by atoms with Crippen LogP contribution < -0.4 is 4.43 Å². The molecule has 0 aromatic carbocycles. The summed E-state index contributed by atoms with van der Waals surface area (Å²) in [6, 6.07) is 2.09. The average Bonchev–Trinajstić information content (AvgIpc) is 2.09. The van der Waals surface area contributed by atoms with E-state index in [0.29, 0.717) is 0 Å². The molecule has 0 aliphatic rings. The lowest BCUT2D eigenvalue weighted by Crippen LogP contribution is -2.43. The lowest BCUT2D eigenvalue weighted by Gasteiger charge is -2.36. The van der Waals surface area contributed by atoms with Crippen molar-refractivity contribution < 1.29 is 4.43 Å². The first-order valence-corrected chi connectivity index (χ1v) is 8.66. The molecule has 16 heavy (non-hydrogen) atoms. The molecule has 0 spiro atoms. The van der Waals surface area contributed by atoms with Crippen LogP contribution in [-0.2, 0) is 0 Å². The maximum Gasteiger partial charge on any atom is 0.250 e. The third-order valence-corrected chi connectivity index (χ3v) is 7.85. The number of aryl methyl sites for hydroxylation is 2. The van der Waals surface area contributed by atoms with Gasteiger partial charge in [-0.25, -0.2) is 0 Å². The predicted octanol–water partition coefficient (Wildman–Crippen LogP) is 4.08. The van der Waals surface area contributed by atoms with Crippen molar-refractivity contribution in [3.63, 3.8) is 0 Å². The molecule has 1 aromatic heterocycles. The molecule has 1 rings (SSSR count). The van der Waals surface area contributed by atoms with Crippen molar-refractivity contribution in [1.82, 2.24) is 4.98 Å². The Morgan fingerprint density at radius 1 is 1.19 bits per heavy atom. The molecular weight excluding hydrogens is 214 g/mol. The number of hydrogen-bond donors (Lipinski definition) is 0. The van der Waals surface area contributed by atoms with E-state index in [1.165, 1.54) is 5.56 Å². The quantitative estimate of drug-likeness (QED) is 0.723. The Labute approximate surface area is 100 Å². The highest BCUT2D eigenvalue weighted by Crippen LogP contribution is 2.37. The predicted molar refractivity (Wildman–Crippen MR) is 71.5 cm³/mol. The fourth-order valence-corrected chi connectivity index (χ4v) is 2.13. The van der Waals surface area contributed by atoms with Gasteiger partial charge in [0.2, 0.25) is 0 Å². The standard InChI is InChI=1S/C13H23NOSi/c1-10-8-12(9-14-11(10)2)15-16(6,7)13(3,4)5/h8-9H,1-7H3. The fourth-order valence-electron chi connectivity index (χ4n) is 1.12. The number of hydrogen-bond acceptors (Lipinski definition) is 2. The first-order chi connectivity index (χ1) is 7.13. The van der Waals surface area contributed by atoms with Crippen molar-refractivity contribution in [2.24, 2.45) is 0 Å². The number of pyridine rings is 1. The van der Waals surface area contributed by atoms with E-state index in [1.54, 1.807) is 0 Å². The molecule has 3 heteroatoms. The van der Waals surface area contributed by atoms with E-state index in [9.17, 15) is 0 Å². The van der Waals surface area contributed by atoms with Crippen molar-refractivity contribution in [2.45, 2.75) is 52.8 Å².